The second kappa shape index (κ2) is 6.27. The van der Waals surface area contributed by atoms with Crippen molar-refractivity contribution in [2.24, 2.45) is 11.3 Å². The van der Waals surface area contributed by atoms with Crippen LogP contribution in [-0.2, 0) is 0 Å². The van der Waals surface area contributed by atoms with Crippen LogP contribution >= 0.6 is 0 Å². The quantitative estimate of drug-likeness (QED) is 0.921. The third-order valence-electron chi connectivity index (χ3n) is 4.57. The fraction of sp³-hybridized carbons (Fsp3) is 0.667. The van der Waals surface area contributed by atoms with Crippen LogP contribution in [-0.4, -0.2) is 32.3 Å². The first-order chi connectivity index (χ1) is 9.82. The molecule has 118 valence electrons. The Morgan fingerprint density at radius 1 is 1.19 bits per heavy atom. The Morgan fingerprint density at radius 2 is 1.81 bits per heavy atom. The molecule has 0 spiro atoms. The summed E-state index contributed by atoms with van der Waals surface area (Å²) in [5.41, 5.74) is 1.57. The maximum atomic E-state index is 5.28. The fourth-order valence-corrected chi connectivity index (χ4v) is 3.02. The van der Waals surface area contributed by atoms with Gasteiger partial charge in [-0.2, -0.15) is 0 Å². The molecule has 0 bridgehead atoms. The number of hydrogen-bond donors (Lipinski definition) is 1. The van der Waals surface area contributed by atoms with Crippen molar-refractivity contribution in [2.45, 2.75) is 46.7 Å². The van der Waals surface area contributed by atoms with Gasteiger partial charge in [0.15, 0.2) is 0 Å². The average Bonchev–Trinajstić information content (AvgIpc) is 2.45. The second-order valence-corrected chi connectivity index (χ2v) is 7.49. The number of nitrogens with zero attached hydrogens (tertiary/aromatic N) is 1. The predicted molar refractivity (Wildman–Crippen MR) is 90.2 cm³/mol. The Hall–Kier alpha value is -1.22. The van der Waals surface area contributed by atoms with E-state index in [9.17, 15) is 0 Å². The Labute approximate surface area is 129 Å². The Bertz CT molecular complexity index is 447. The lowest BCUT2D eigenvalue weighted by Crippen LogP contribution is -2.61. The number of hydrogen-bond acceptors (Lipinski definition) is 3. The van der Waals surface area contributed by atoms with Crippen LogP contribution in [0.3, 0.4) is 0 Å². The normalized spacial score (nSPS) is 23.5. The van der Waals surface area contributed by atoms with E-state index < -0.39 is 0 Å². The zero-order valence-corrected chi connectivity index (χ0v) is 14.3. The molecule has 0 radical (unpaired) electrons. The van der Waals surface area contributed by atoms with Crippen molar-refractivity contribution in [3.05, 3.63) is 24.3 Å². The van der Waals surface area contributed by atoms with Crippen LogP contribution in [0, 0.1) is 11.3 Å². The summed E-state index contributed by atoms with van der Waals surface area (Å²) in [5.74, 6) is 1.54. The number of piperazine rings is 1. The molecule has 3 nitrogen and oxygen atoms in total. The Morgan fingerprint density at radius 3 is 2.29 bits per heavy atom. The van der Waals surface area contributed by atoms with Gasteiger partial charge >= 0.3 is 0 Å². The first kappa shape index (κ1) is 16.2. The standard InChI is InChI=1S/C18H30N2O/c1-13(2)16-11-19-17(18(3,4)5)12-20(16)14-7-9-15(21-6)10-8-14/h7-10,13,16-17,19H,11-12H2,1-6H3. The van der Waals surface area contributed by atoms with Crippen LogP contribution in [0.25, 0.3) is 0 Å². The maximum absolute atomic E-state index is 5.28. The van der Waals surface area contributed by atoms with Crippen molar-refractivity contribution in [1.29, 1.82) is 0 Å². The van der Waals surface area contributed by atoms with Gasteiger partial charge in [0.2, 0.25) is 0 Å². The van der Waals surface area contributed by atoms with E-state index >= 15 is 0 Å². The minimum atomic E-state index is 0.271. The molecular weight excluding hydrogens is 260 g/mol. The summed E-state index contributed by atoms with van der Waals surface area (Å²) in [5, 5.41) is 3.75. The van der Waals surface area contributed by atoms with E-state index in [4.69, 9.17) is 4.74 Å². The fourth-order valence-electron chi connectivity index (χ4n) is 3.02. The highest BCUT2D eigenvalue weighted by molar-refractivity contribution is 5.51. The highest BCUT2D eigenvalue weighted by Gasteiger charge is 2.35. The van der Waals surface area contributed by atoms with Gasteiger partial charge in [0.05, 0.1) is 7.11 Å². The molecule has 3 heteroatoms. The molecule has 21 heavy (non-hydrogen) atoms. The third kappa shape index (κ3) is 3.70. The van der Waals surface area contributed by atoms with Crippen LogP contribution in [0.1, 0.15) is 34.6 Å². The molecule has 0 aliphatic carbocycles. The van der Waals surface area contributed by atoms with Crippen molar-refractivity contribution in [1.82, 2.24) is 5.32 Å². The van der Waals surface area contributed by atoms with Crippen molar-refractivity contribution in [3.63, 3.8) is 0 Å². The summed E-state index contributed by atoms with van der Waals surface area (Å²) >= 11 is 0. The molecule has 1 aromatic carbocycles. The van der Waals surface area contributed by atoms with Crippen molar-refractivity contribution in [2.75, 3.05) is 25.1 Å². The molecule has 1 aromatic rings. The first-order valence-electron chi connectivity index (χ1n) is 7.97. The first-order valence-corrected chi connectivity index (χ1v) is 7.97. The number of benzene rings is 1. The topological polar surface area (TPSA) is 24.5 Å². The average molecular weight is 290 g/mol. The molecule has 1 aliphatic heterocycles. The van der Waals surface area contributed by atoms with Gasteiger partial charge in [-0.05, 0) is 35.6 Å². The van der Waals surface area contributed by atoms with Gasteiger partial charge in [-0.15, -0.1) is 0 Å². The largest absolute Gasteiger partial charge is 0.497 e. The molecule has 0 aromatic heterocycles. The van der Waals surface area contributed by atoms with Gasteiger partial charge < -0.3 is 15.0 Å². The van der Waals surface area contributed by atoms with E-state index in [0.717, 1.165) is 18.8 Å². The predicted octanol–water partition coefficient (Wildman–Crippen LogP) is 3.54. The maximum Gasteiger partial charge on any atom is 0.119 e. The van der Waals surface area contributed by atoms with Crippen molar-refractivity contribution in [3.8, 4) is 5.75 Å². The Balaban J connectivity index is 2.24. The molecule has 1 saturated heterocycles. The lowest BCUT2D eigenvalue weighted by atomic mass is 9.83. The molecule has 1 fully saturated rings. The molecule has 1 aliphatic rings. The second-order valence-electron chi connectivity index (χ2n) is 7.49. The summed E-state index contributed by atoms with van der Waals surface area (Å²) in [6.07, 6.45) is 0. The summed E-state index contributed by atoms with van der Waals surface area (Å²) in [6, 6.07) is 9.52. The van der Waals surface area contributed by atoms with Gasteiger partial charge in [-0.3, -0.25) is 0 Å². The van der Waals surface area contributed by atoms with E-state index in [-0.39, 0.29) is 5.41 Å². The van der Waals surface area contributed by atoms with Gasteiger partial charge in [0.1, 0.15) is 5.75 Å². The van der Waals surface area contributed by atoms with Gasteiger partial charge in [-0.25, -0.2) is 0 Å². The minimum Gasteiger partial charge on any atom is -0.497 e. The van der Waals surface area contributed by atoms with Gasteiger partial charge in [0, 0.05) is 30.9 Å². The molecule has 1 heterocycles. The van der Waals surface area contributed by atoms with Crippen molar-refractivity contribution >= 4 is 5.69 Å². The number of nitrogens with one attached hydrogen (secondary N) is 1. The highest BCUT2D eigenvalue weighted by atomic mass is 16.5. The van der Waals surface area contributed by atoms with Crippen LogP contribution in [0.2, 0.25) is 0 Å². The molecule has 2 rings (SSSR count). The smallest absolute Gasteiger partial charge is 0.119 e. The van der Waals surface area contributed by atoms with Crippen LogP contribution in [0.15, 0.2) is 24.3 Å². The zero-order valence-electron chi connectivity index (χ0n) is 14.3. The molecular formula is C18H30N2O. The number of ether oxygens (including phenoxy) is 1. The van der Waals surface area contributed by atoms with E-state index in [1.54, 1.807) is 7.11 Å². The molecule has 2 unspecified atom stereocenters. The summed E-state index contributed by atoms with van der Waals surface area (Å²) in [6.45, 7) is 13.6. The molecule has 0 saturated carbocycles. The lowest BCUT2D eigenvalue weighted by Gasteiger charge is -2.47. The van der Waals surface area contributed by atoms with Gasteiger partial charge in [-0.1, -0.05) is 34.6 Å². The highest BCUT2D eigenvalue weighted by Crippen LogP contribution is 2.30. The Kier molecular flexibility index (Phi) is 4.82. The summed E-state index contributed by atoms with van der Waals surface area (Å²) < 4.78 is 5.28. The zero-order chi connectivity index (χ0) is 15.6. The van der Waals surface area contributed by atoms with Crippen LogP contribution in [0.5, 0.6) is 5.75 Å². The number of rotatable bonds is 3. The minimum absolute atomic E-state index is 0.271. The molecule has 0 amide bonds. The van der Waals surface area contributed by atoms with Gasteiger partial charge in [0.25, 0.3) is 0 Å². The molecule has 1 N–H and O–H groups in total. The third-order valence-corrected chi connectivity index (χ3v) is 4.57. The van der Waals surface area contributed by atoms with E-state index in [2.05, 4.69) is 69.1 Å². The number of anilines is 1. The van der Waals surface area contributed by atoms with E-state index in [0.29, 0.717) is 18.0 Å². The van der Waals surface area contributed by atoms with Crippen molar-refractivity contribution < 1.29 is 4.74 Å². The summed E-state index contributed by atoms with van der Waals surface area (Å²) in [4.78, 5) is 2.57. The van der Waals surface area contributed by atoms with Crippen LogP contribution in [0.4, 0.5) is 5.69 Å². The van der Waals surface area contributed by atoms with Crippen LogP contribution < -0.4 is 15.0 Å². The van der Waals surface area contributed by atoms with E-state index in [1.807, 2.05) is 0 Å². The monoisotopic (exact) mass is 290 g/mol. The molecule has 2 atom stereocenters. The summed E-state index contributed by atoms with van der Waals surface area (Å²) in [7, 11) is 1.71. The lowest BCUT2D eigenvalue weighted by molar-refractivity contribution is 0.221. The number of methoxy groups -OCH3 is 1. The SMILES string of the molecule is COc1ccc(N2CC(C(C)(C)C)NCC2C(C)C)cc1. The van der Waals surface area contributed by atoms with E-state index in [1.165, 1.54) is 5.69 Å².